The summed E-state index contributed by atoms with van der Waals surface area (Å²) in [5.74, 6) is 0.807. The van der Waals surface area contributed by atoms with E-state index in [1.54, 1.807) is 24.7 Å². The van der Waals surface area contributed by atoms with Crippen molar-refractivity contribution in [1.82, 2.24) is 19.7 Å². The Morgan fingerprint density at radius 2 is 2.13 bits per heavy atom. The summed E-state index contributed by atoms with van der Waals surface area (Å²) in [6, 6.07) is 3.72. The quantitative estimate of drug-likeness (QED) is 0.752. The van der Waals surface area contributed by atoms with Gasteiger partial charge < -0.3 is 5.73 Å². The predicted molar refractivity (Wildman–Crippen MR) is 52.9 cm³/mol. The smallest absolute Gasteiger partial charge is 0.252 e. The van der Waals surface area contributed by atoms with Crippen molar-refractivity contribution >= 4 is 5.82 Å². The monoisotopic (exact) mass is 200 g/mol. The number of nitriles is 1. The lowest BCUT2D eigenvalue weighted by Gasteiger charge is -2.00. The van der Waals surface area contributed by atoms with Crippen molar-refractivity contribution in [2.45, 2.75) is 6.42 Å². The Hall–Kier alpha value is -2.42. The molecule has 0 bridgehead atoms. The van der Waals surface area contributed by atoms with Crippen molar-refractivity contribution in [2.75, 3.05) is 5.73 Å². The van der Waals surface area contributed by atoms with Crippen LogP contribution < -0.4 is 5.73 Å². The minimum absolute atomic E-state index is 0.235. The molecule has 0 fully saturated rings. The molecule has 2 aromatic rings. The lowest BCUT2D eigenvalue weighted by molar-refractivity contribution is 0.817. The van der Waals surface area contributed by atoms with E-state index < -0.39 is 0 Å². The summed E-state index contributed by atoms with van der Waals surface area (Å²) >= 11 is 0. The highest BCUT2D eigenvalue weighted by molar-refractivity contribution is 5.43. The third-order valence-corrected chi connectivity index (χ3v) is 1.90. The molecule has 2 aromatic heterocycles. The van der Waals surface area contributed by atoms with Gasteiger partial charge in [0.15, 0.2) is 0 Å². The van der Waals surface area contributed by atoms with Crippen LogP contribution in [-0.2, 0) is 6.42 Å². The fourth-order valence-corrected chi connectivity index (χ4v) is 1.17. The Balaban J connectivity index is 2.43. The van der Waals surface area contributed by atoms with Gasteiger partial charge in [0.2, 0.25) is 0 Å². The third kappa shape index (κ3) is 1.62. The van der Waals surface area contributed by atoms with E-state index in [9.17, 15) is 0 Å². The predicted octanol–water partition coefficient (Wildman–Crippen LogP) is 0.311. The molecule has 0 aliphatic carbocycles. The summed E-state index contributed by atoms with van der Waals surface area (Å²) in [7, 11) is 0. The zero-order valence-corrected chi connectivity index (χ0v) is 7.83. The Bertz CT molecular complexity index is 495. The van der Waals surface area contributed by atoms with Crippen LogP contribution in [0.25, 0.3) is 5.95 Å². The van der Waals surface area contributed by atoms with Crippen molar-refractivity contribution in [3.05, 3.63) is 30.2 Å². The second-order valence-electron chi connectivity index (χ2n) is 2.85. The number of nitrogens with zero attached hydrogens (tertiary/aromatic N) is 5. The van der Waals surface area contributed by atoms with Gasteiger partial charge in [0, 0.05) is 18.0 Å². The van der Waals surface area contributed by atoms with E-state index in [2.05, 4.69) is 15.1 Å². The van der Waals surface area contributed by atoms with Gasteiger partial charge in [0.25, 0.3) is 5.95 Å². The summed E-state index contributed by atoms with van der Waals surface area (Å²) in [4.78, 5) is 8.02. The molecule has 0 amide bonds. The fraction of sp³-hybridized carbons (Fsp3) is 0.111. The van der Waals surface area contributed by atoms with Crippen LogP contribution in [0.2, 0.25) is 0 Å². The molecular weight excluding hydrogens is 192 g/mol. The van der Waals surface area contributed by atoms with E-state index in [4.69, 9.17) is 11.0 Å². The number of hydrogen-bond acceptors (Lipinski definition) is 5. The summed E-state index contributed by atoms with van der Waals surface area (Å²) in [6.45, 7) is 0. The lowest BCUT2D eigenvalue weighted by Crippen LogP contribution is -2.06. The van der Waals surface area contributed by atoms with E-state index in [-0.39, 0.29) is 6.42 Å². The summed E-state index contributed by atoms with van der Waals surface area (Å²) in [6.07, 6.45) is 4.99. The van der Waals surface area contributed by atoms with Crippen LogP contribution in [0.15, 0.2) is 24.7 Å². The van der Waals surface area contributed by atoms with Gasteiger partial charge in [0.05, 0.1) is 18.7 Å². The molecule has 0 aliphatic rings. The molecule has 2 N–H and O–H groups in total. The third-order valence-electron chi connectivity index (χ3n) is 1.90. The zero-order chi connectivity index (χ0) is 10.7. The van der Waals surface area contributed by atoms with Gasteiger partial charge in [-0.25, -0.2) is 9.97 Å². The average molecular weight is 200 g/mol. The Kier molecular flexibility index (Phi) is 2.29. The lowest BCUT2D eigenvalue weighted by atomic mass is 10.2. The standard InChI is InChI=1S/C9H8N6/c10-3-2-7-6-14-15(8(7)11)9-12-4-1-5-13-9/h1,4-6H,2,11H2. The van der Waals surface area contributed by atoms with Crippen LogP contribution in [-0.4, -0.2) is 19.7 Å². The number of anilines is 1. The number of nitrogens with two attached hydrogens (primary N) is 1. The van der Waals surface area contributed by atoms with Gasteiger partial charge in [0.1, 0.15) is 5.82 Å². The second kappa shape index (κ2) is 3.75. The molecule has 6 heteroatoms. The minimum atomic E-state index is 0.235. The molecule has 0 spiro atoms. The largest absolute Gasteiger partial charge is 0.383 e. The van der Waals surface area contributed by atoms with Crippen LogP contribution in [0.3, 0.4) is 0 Å². The summed E-state index contributed by atoms with van der Waals surface area (Å²) in [5, 5.41) is 12.6. The Morgan fingerprint density at radius 3 is 2.80 bits per heavy atom. The van der Waals surface area contributed by atoms with E-state index in [0.717, 1.165) is 0 Å². The maximum atomic E-state index is 8.55. The van der Waals surface area contributed by atoms with Gasteiger partial charge in [-0.3, -0.25) is 0 Å². The topological polar surface area (TPSA) is 93.4 Å². The van der Waals surface area contributed by atoms with E-state index in [1.807, 2.05) is 6.07 Å². The van der Waals surface area contributed by atoms with Crippen molar-refractivity contribution in [1.29, 1.82) is 5.26 Å². The molecule has 0 radical (unpaired) electrons. The zero-order valence-electron chi connectivity index (χ0n) is 7.83. The molecular formula is C9H8N6. The van der Waals surface area contributed by atoms with Crippen molar-refractivity contribution < 1.29 is 0 Å². The first-order valence-electron chi connectivity index (χ1n) is 4.29. The maximum absolute atomic E-state index is 8.55. The molecule has 0 unspecified atom stereocenters. The first kappa shape index (κ1) is 9.15. The van der Waals surface area contributed by atoms with E-state index in [1.165, 1.54) is 4.68 Å². The molecule has 0 aromatic carbocycles. The Morgan fingerprint density at radius 1 is 1.40 bits per heavy atom. The molecule has 2 heterocycles. The first-order chi connectivity index (χ1) is 7.33. The molecule has 2 rings (SSSR count). The summed E-state index contributed by atoms with van der Waals surface area (Å²) in [5.41, 5.74) is 6.48. The van der Waals surface area contributed by atoms with Gasteiger partial charge >= 0.3 is 0 Å². The highest BCUT2D eigenvalue weighted by atomic mass is 15.4. The van der Waals surface area contributed by atoms with Crippen molar-refractivity contribution in [3.63, 3.8) is 0 Å². The molecule has 6 nitrogen and oxygen atoms in total. The van der Waals surface area contributed by atoms with Crippen LogP contribution in [0.5, 0.6) is 0 Å². The second-order valence-corrected chi connectivity index (χ2v) is 2.85. The van der Waals surface area contributed by atoms with Crippen molar-refractivity contribution in [2.24, 2.45) is 0 Å². The normalized spacial score (nSPS) is 9.80. The highest BCUT2D eigenvalue weighted by Gasteiger charge is 2.09. The van der Waals surface area contributed by atoms with Gasteiger partial charge in [-0.2, -0.15) is 15.0 Å². The summed E-state index contributed by atoms with van der Waals surface area (Å²) < 4.78 is 1.41. The SMILES string of the molecule is N#CCc1cnn(-c2ncccn2)c1N. The van der Waals surface area contributed by atoms with Gasteiger partial charge in [-0.15, -0.1) is 0 Å². The minimum Gasteiger partial charge on any atom is -0.383 e. The van der Waals surface area contributed by atoms with Crippen molar-refractivity contribution in [3.8, 4) is 12.0 Å². The Labute approximate surface area is 86.0 Å². The van der Waals surface area contributed by atoms with Crippen LogP contribution in [0.4, 0.5) is 5.82 Å². The van der Waals surface area contributed by atoms with Crippen LogP contribution in [0.1, 0.15) is 5.56 Å². The molecule has 0 saturated carbocycles. The highest BCUT2D eigenvalue weighted by Crippen LogP contribution is 2.13. The number of rotatable bonds is 2. The molecule has 0 aliphatic heterocycles. The average Bonchev–Trinajstić information content (AvgIpc) is 2.63. The van der Waals surface area contributed by atoms with Crippen LogP contribution in [0, 0.1) is 11.3 Å². The molecule has 0 saturated heterocycles. The number of nitrogen functional groups attached to an aromatic ring is 1. The van der Waals surface area contributed by atoms with E-state index >= 15 is 0 Å². The fourth-order valence-electron chi connectivity index (χ4n) is 1.17. The molecule has 15 heavy (non-hydrogen) atoms. The number of hydrogen-bond donors (Lipinski definition) is 1. The van der Waals surface area contributed by atoms with E-state index in [0.29, 0.717) is 17.3 Å². The number of aromatic nitrogens is 4. The van der Waals surface area contributed by atoms with Gasteiger partial charge in [-0.05, 0) is 6.07 Å². The maximum Gasteiger partial charge on any atom is 0.252 e. The molecule has 74 valence electrons. The first-order valence-corrected chi connectivity index (χ1v) is 4.29. The van der Waals surface area contributed by atoms with Gasteiger partial charge in [-0.1, -0.05) is 0 Å². The van der Waals surface area contributed by atoms with Crippen LogP contribution >= 0.6 is 0 Å². The molecule has 0 atom stereocenters.